The monoisotopic (exact) mass is 361 g/mol. The predicted octanol–water partition coefficient (Wildman–Crippen LogP) is 3.97. The van der Waals surface area contributed by atoms with Gasteiger partial charge in [-0.1, -0.05) is 19.4 Å². The van der Waals surface area contributed by atoms with Gasteiger partial charge in [-0.05, 0) is 25.5 Å². The van der Waals surface area contributed by atoms with E-state index in [1.165, 1.54) is 11.4 Å². The fraction of sp³-hybridized carbons (Fsp3) is 0.333. The van der Waals surface area contributed by atoms with Crippen molar-refractivity contribution in [2.75, 3.05) is 5.32 Å². The number of aromatic nitrogens is 1. The maximum absolute atomic E-state index is 13.7. The molecule has 0 saturated carbocycles. The summed E-state index contributed by atoms with van der Waals surface area (Å²) >= 11 is 1.09. The molecular formula is C15H18ClF2N3OS. The normalized spacial score (nSPS) is 13.1. The first-order chi connectivity index (χ1) is 10.3. The summed E-state index contributed by atoms with van der Waals surface area (Å²) in [6.45, 7) is 3.57. The summed E-state index contributed by atoms with van der Waals surface area (Å²) in [4.78, 5) is 16.2. The van der Waals surface area contributed by atoms with Crippen LogP contribution in [0.1, 0.15) is 26.7 Å². The number of carbonyl (C=O) groups excluding carboxylic acids is 1. The van der Waals surface area contributed by atoms with Gasteiger partial charge in [-0.25, -0.2) is 13.8 Å². The zero-order valence-corrected chi connectivity index (χ0v) is 14.4. The number of hydrogen-bond donors (Lipinski definition) is 2. The van der Waals surface area contributed by atoms with Crippen molar-refractivity contribution in [1.29, 1.82) is 0 Å². The van der Waals surface area contributed by atoms with Gasteiger partial charge in [0.05, 0.1) is 16.8 Å². The van der Waals surface area contributed by atoms with Crippen molar-refractivity contribution in [2.24, 2.45) is 5.73 Å². The maximum atomic E-state index is 13.7. The molecule has 1 aromatic heterocycles. The fourth-order valence-electron chi connectivity index (χ4n) is 2.06. The summed E-state index contributed by atoms with van der Waals surface area (Å²) in [6, 6.07) is 3.61. The van der Waals surface area contributed by atoms with E-state index in [2.05, 4.69) is 10.3 Å². The second-order valence-corrected chi connectivity index (χ2v) is 6.11. The van der Waals surface area contributed by atoms with E-state index in [0.29, 0.717) is 6.42 Å². The van der Waals surface area contributed by atoms with Crippen molar-refractivity contribution >= 4 is 34.8 Å². The molecule has 0 aliphatic rings. The van der Waals surface area contributed by atoms with Gasteiger partial charge in [0.25, 0.3) is 0 Å². The van der Waals surface area contributed by atoms with Gasteiger partial charge in [0.2, 0.25) is 5.91 Å². The molecule has 1 heterocycles. The van der Waals surface area contributed by atoms with Gasteiger partial charge >= 0.3 is 0 Å². The van der Waals surface area contributed by atoms with Crippen molar-refractivity contribution in [3.8, 4) is 11.3 Å². The fourth-order valence-corrected chi connectivity index (χ4v) is 2.76. The molecule has 4 nitrogen and oxygen atoms in total. The highest BCUT2D eigenvalue weighted by Crippen LogP contribution is 2.29. The third-order valence-electron chi connectivity index (χ3n) is 3.23. The Bertz CT molecular complexity index is 671. The molecule has 126 valence electrons. The topological polar surface area (TPSA) is 68.0 Å². The molecule has 1 aromatic carbocycles. The number of carbonyl (C=O) groups is 1. The second-order valence-electron chi connectivity index (χ2n) is 5.26. The standard InChI is InChI=1S/C15H17F2N3OS.ClH/c1-3-7-15(2,18)13(21)20-14-19-11(8-22-14)12-9(16)5-4-6-10(12)17;/h4-6,8H,3,7,18H2,1-2H3,(H,19,20,21);1H. The van der Waals surface area contributed by atoms with Gasteiger partial charge in [-0.3, -0.25) is 4.79 Å². The molecule has 3 N–H and O–H groups in total. The molecule has 0 radical (unpaired) electrons. The minimum atomic E-state index is -1.01. The number of nitrogens with two attached hydrogens (primary N) is 1. The van der Waals surface area contributed by atoms with Crippen LogP contribution < -0.4 is 11.1 Å². The van der Waals surface area contributed by atoms with Crippen LogP contribution in [0.15, 0.2) is 23.6 Å². The number of thiazole rings is 1. The molecular weight excluding hydrogens is 344 g/mol. The summed E-state index contributed by atoms with van der Waals surface area (Å²) in [6.07, 6.45) is 1.29. The smallest absolute Gasteiger partial charge is 0.245 e. The van der Waals surface area contributed by atoms with E-state index >= 15 is 0 Å². The molecule has 23 heavy (non-hydrogen) atoms. The first kappa shape index (κ1) is 19.5. The number of nitrogens with one attached hydrogen (secondary N) is 1. The van der Waals surface area contributed by atoms with Crippen molar-refractivity contribution < 1.29 is 13.6 Å². The van der Waals surface area contributed by atoms with Gasteiger partial charge in [0.15, 0.2) is 5.13 Å². The summed E-state index contributed by atoms with van der Waals surface area (Å²) in [5, 5.41) is 4.35. The minimum absolute atomic E-state index is 0. The van der Waals surface area contributed by atoms with Gasteiger partial charge in [0.1, 0.15) is 11.6 Å². The Hall–Kier alpha value is -1.57. The van der Waals surface area contributed by atoms with Gasteiger partial charge in [-0.15, -0.1) is 23.7 Å². The Kier molecular flexibility index (Phi) is 6.61. The number of hydrogen-bond acceptors (Lipinski definition) is 4. The summed E-state index contributed by atoms with van der Waals surface area (Å²) in [5.74, 6) is -1.76. The van der Waals surface area contributed by atoms with Crippen LogP contribution in [0.25, 0.3) is 11.3 Å². The number of anilines is 1. The molecule has 0 fully saturated rings. The van der Waals surface area contributed by atoms with Gasteiger partial charge in [0, 0.05) is 5.38 Å². The van der Waals surface area contributed by atoms with Crippen LogP contribution in [0, 0.1) is 11.6 Å². The largest absolute Gasteiger partial charge is 0.318 e. The highest BCUT2D eigenvalue weighted by atomic mass is 35.5. The highest BCUT2D eigenvalue weighted by molar-refractivity contribution is 7.14. The van der Waals surface area contributed by atoms with Crippen molar-refractivity contribution in [2.45, 2.75) is 32.2 Å². The van der Waals surface area contributed by atoms with Crippen LogP contribution in [0.4, 0.5) is 13.9 Å². The predicted molar refractivity (Wildman–Crippen MR) is 90.8 cm³/mol. The zero-order chi connectivity index (χ0) is 16.3. The van der Waals surface area contributed by atoms with Crippen LogP contribution in [0.2, 0.25) is 0 Å². The summed E-state index contributed by atoms with van der Waals surface area (Å²) < 4.78 is 27.4. The molecule has 2 aromatic rings. The molecule has 0 aliphatic heterocycles. The second kappa shape index (κ2) is 7.81. The lowest BCUT2D eigenvalue weighted by atomic mass is 9.97. The molecule has 8 heteroatoms. The van der Waals surface area contributed by atoms with Crippen LogP contribution in [0.5, 0.6) is 0 Å². The molecule has 1 unspecified atom stereocenters. The third kappa shape index (κ3) is 4.46. The van der Waals surface area contributed by atoms with E-state index < -0.39 is 17.2 Å². The Morgan fingerprint density at radius 1 is 1.39 bits per heavy atom. The van der Waals surface area contributed by atoms with E-state index in [4.69, 9.17) is 5.73 Å². The first-order valence-electron chi connectivity index (χ1n) is 6.85. The van der Waals surface area contributed by atoms with Crippen molar-refractivity contribution in [3.63, 3.8) is 0 Å². The van der Waals surface area contributed by atoms with Crippen LogP contribution in [-0.4, -0.2) is 16.4 Å². The quantitative estimate of drug-likeness (QED) is 0.846. The Morgan fingerprint density at radius 3 is 2.57 bits per heavy atom. The first-order valence-corrected chi connectivity index (χ1v) is 7.73. The zero-order valence-electron chi connectivity index (χ0n) is 12.7. The van der Waals surface area contributed by atoms with Gasteiger partial charge in [-0.2, -0.15) is 0 Å². The Labute approximate surface area is 143 Å². The lowest BCUT2D eigenvalue weighted by Crippen LogP contribution is -2.48. The van der Waals surface area contributed by atoms with Crippen LogP contribution >= 0.6 is 23.7 Å². The summed E-state index contributed by atoms with van der Waals surface area (Å²) in [7, 11) is 0. The molecule has 0 aliphatic carbocycles. The number of rotatable bonds is 5. The number of nitrogens with zero attached hydrogens (tertiary/aromatic N) is 1. The van der Waals surface area contributed by atoms with E-state index in [-0.39, 0.29) is 34.7 Å². The molecule has 0 spiro atoms. The van der Waals surface area contributed by atoms with E-state index in [9.17, 15) is 13.6 Å². The third-order valence-corrected chi connectivity index (χ3v) is 3.99. The van der Waals surface area contributed by atoms with Crippen LogP contribution in [0.3, 0.4) is 0 Å². The van der Waals surface area contributed by atoms with Crippen molar-refractivity contribution in [3.05, 3.63) is 35.2 Å². The molecule has 2 rings (SSSR count). The Balaban J connectivity index is 0.00000264. The van der Waals surface area contributed by atoms with E-state index in [1.807, 2.05) is 6.92 Å². The lowest BCUT2D eigenvalue weighted by Gasteiger charge is -2.21. The van der Waals surface area contributed by atoms with Crippen molar-refractivity contribution in [1.82, 2.24) is 4.98 Å². The number of benzene rings is 1. The summed E-state index contributed by atoms with van der Waals surface area (Å²) in [5.41, 5.74) is 4.86. The average molecular weight is 362 g/mol. The maximum Gasteiger partial charge on any atom is 0.245 e. The van der Waals surface area contributed by atoms with E-state index in [0.717, 1.165) is 29.9 Å². The highest BCUT2D eigenvalue weighted by Gasteiger charge is 2.28. The lowest BCUT2D eigenvalue weighted by molar-refractivity contribution is -0.120. The van der Waals surface area contributed by atoms with Crippen LogP contribution in [-0.2, 0) is 4.79 Å². The average Bonchev–Trinajstić information content (AvgIpc) is 2.86. The number of halogens is 3. The molecule has 1 amide bonds. The minimum Gasteiger partial charge on any atom is -0.318 e. The van der Waals surface area contributed by atoms with Gasteiger partial charge < -0.3 is 11.1 Å². The van der Waals surface area contributed by atoms with E-state index in [1.54, 1.807) is 6.92 Å². The SMILES string of the molecule is CCCC(C)(N)C(=O)Nc1nc(-c2c(F)cccc2F)cs1.Cl. The molecule has 0 saturated heterocycles. The Morgan fingerprint density at radius 2 is 2.00 bits per heavy atom. The number of amides is 1. The molecule has 1 atom stereocenters. The molecule has 0 bridgehead atoms.